The zero-order chi connectivity index (χ0) is 28.3. The number of aromatic nitrogens is 2. The molecular weight excluding hydrogens is 574 g/mol. The summed E-state index contributed by atoms with van der Waals surface area (Å²) < 4.78 is 0. The molecule has 216 valence electrons. The summed E-state index contributed by atoms with van der Waals surface area (Å²) in [6.07, 6.45) is 4.36. The van der Waals surface area contributed by atoms with Gasteiger partial charge < -0.3 is 5.32 Å². The molecule has 2 aliphatic rings. The fraction of sp³-hybridized carbons (Fsp3) is 0.222. The molecule has 0 amide bonds. The van der Waals surface area contributed by atoms with Crippen LogP contribution >= 0.6 is 35.1 Å². The van der Waals surface area contributed by atoms with Crippen molar-refractivity contribution in [3.05, 3.63) is 131 Å². The fourth-order valence-electron chi connectivity index (χ4n) is 4.84. The van der Waals surface area contributed by atoms with Crippen molar-refractivity contribution in [2.75, 3.05) is 6.54 Å². The van der Waals surface area contributed by atoms with Gasteiger partial charge in [-0.3, -0.25) is 0 Å². The molecule has 0 bridgehead atoms. The van der Waals surface area contributed by atoms with Crippen molar-refractivity contribution in [1.29, 1.82) is 0 Å². The number of hydrogen-bond donors (Lipinski definition) is 1. The Hall–Kier alpha value is -3.35. The van der Waals surface area contributed by atoms with E-state index in [-0.39, 0.29) is 12.4 Å². The second-order valence-electron chi connectivity index (χ2n) is 10.1. The number of hydrogen-bond acceptors (Lipinski definition) is 5. The lowest BCUT2D eigenvalue weighted by Crippen LogP contribution is -2.20. The molecule has 3 nitrogen and oxygen atoms in total. The standard InChI is InChI=1S/C24H24N2S.C12H13NS.ClH/c1-18(22-15-14-19-9-4-3-7-13-23(19)22)25-16-8-12-21-17-27-24(26-21)20-10-5-2-6-11-20;1-2-6-11-9-14-12(13-11)10-7-4-3-5-8-10;/h2-7,9-11,13-15,17-18,25H,8,12,16H2,1H3;3-5,7-9H,2,6H2,1H3;1H. The Kier molecular flexibility index (Phi) is 12.3. The third-order valence-corrected chi connectivity index (χ3v) is 8.88. The van der Waals surface area contributed by atoms with Gasteiger partial charge in [0.15, 0.2) is 0 Å². The number of rotatable bonds is 10. The van der Waals surface area contributed by atoms with Crippen LogP contribution in [0.25, 0.3) is 32.3 Å². The normalized spacial score (nSPS) is 11.4. The molecule has 2 aromatic carbocycles. The zero-order valence-corrected chi connectivity index (χ0v) is 26.7. The van der Waals surface area contributed by atoms with Crippen LogP contribution in [0, 0.1) is 0 Å². The van der Waals surface area contributed by atoms with Crippen molar-refractivity contribution in [3.8, 4) is 32.3 Å². The minimum Gasteiger partial charge on any atom is -0.310 e. The number of fused-ring (bicyclic) bond motifs is 1. The van der Waals surface area contributed by atoms with E-state index in [1.54, 1.807) is 22.7 Å². The van der Waals surface area contributed by atoms with E-state index in [0.717, 1.165) is 42.2 Å². The summed E-state index contributed by atoms with van der Waals surface area (Å²) in [5.41, 5.74) is 8.86. The largest absolute Gasteiger partial charge is 0.310 e. The van der Waals surface area contributed by atoms with Crippen molar-refractivity contribution in [1.82, 2.24) is 15.3 Å². The van der Waals surface area contributed by atoms with Gasteiger partial charge in [0, 0.05) is 27.9 Å². The molecule has 0 spiro atoms. The van der Waals surface area contributed by atoms with Gasteiger partial charge in [0.1, 0.15) is 10.0 Å². The first-order valence-corrected chi connectivity index (χ1v) is 16.2. The minimum atomic E-state index is 0. The lowest BCUT2D eigenvalue weighted by atomic mass is 10.0. The fourth-order valence-corrected chi connectivity index (χ4v) is 6.56. The summed E-state index contributed by atoms with van der Waals surface area (Å²) in [6.45, 7) is 5.42. The van der Waals surface area contributed by atoms with Crippen LogP contribution in [0.5, 0.6) is 0 Å². The van der Waals surface area contributed by atoms with Crippen LogP contribution in [0.1, 0.15) is 49.7 Å². The molecule has 0 saturated carbocycles. The van der Waals surface area contributed by atoms with Crippen LogP contribution < -0.4 is 5.32 Å². The summed E-state index contributed by atoms with van der Waals surface area (Å²) in [4.78, 5) is 9.37. The van der Waals surface area contributed by atoms with Crippen LogP contribution in [0.15, 0.2) is 114 Å². The van der Waals surface area contributed by atoms with Gasteiger partial charge in [-0.2, -0.15) is 0 Å². The Balaban J connectivity index is 0.000000228. The van der Waals surface area contributed by atoms with E-state index in [9.17, 15) is 0 Å². The molecule has 4 aromatic rings. The van der Waals surface area contributed by atoms with Gasteiger partial charge in [0.05, 0.1) is 11.4 Å². The van der Waals surface area contributed by atoms with Gasteiger partial charge in [0.25, 0.3) is 0 Å². The van der Waals surface area contributed by atoms with Crippen LogP contribution in [-0.4, -0.2) is 16.5 Å². The van der Waals surface area contributed by atoms with Crippen molar-refractivity contribution in [2.24, 2.45) is 0 Å². The topological polar surface area (TPSA) is 37.8 Å². The smallest absolute Gasteiger partial charge is 0.123 e. The van der Waals surface area contributed by atoms with Crippen LogP contribution in [0.4, 0.5) is 0 Å². The maximum absolute atomic E-state index is 4.79. The molecule has 1 atom stereocenters. The van der Waals surface area contributed by atoms with Crippen molar-refractivity contribution in [2.45, 2.75) is 45.6 Å². The number of nitrogens with one attached hydrogen (secondary N) is 1. The average molecular weight is 612 g/mol. The molecule has 0 saturated heterocycles. The van der Waals surface area contributed by atoms with Crippen LogP contribution in [0.3, 0.4) is 0 Å². The SMILES string of the molecule is CC(NCCCc1csc(-c2ccccc2)n1)c1ccc2cccccc1-2.CCCc1csc(-c2ccccc2)n1.Cl. The molecule has 1 unspecified atom stereocenters. The highest BCUT2D eigenvalue weighted by Gasteiger charge is 2.13. The van der Waals surface area contributed by atoms with Gasteiger partial charge >= 0.3 is 0 Å². The van der Waals surface area contributed by atoms with Crippen molar-refractivity contribution in [3.63, 3.8) is 0 Å². The van der Waals surface area contributed by atoms with Gasteiger partial charge in [-0.05, 0) is 49.4 Å². The Labute approximate surface area is 264 Å². The van der Waals surface area contributed by atoms with E-state index < -0.39 is 0 Å². The van der Waals surface area contributed by atoms with E-state index >= 15 is 0 Å². The number of thiazole rings is 2. The number of halogens is 1. The quantitative estimate of drug-likeness (QED) is 0.157. The predicted octanol–water partition coefficient (Wildman–Crippen LogP) is 10.4. The third-order valence-electron chi connectivity index (χ3n) is 7.00. The van der Waals surface area contributed by atoms with E-state index in [2.05, 4.69) is 126 Å². The molecule has 0 fully saturated rings. The highest BCUT2D eigenvalue weighted by Crippen LogP contribution is 2.31. The highest BCUT2D eigenvalue weighted by molar-refractivity contribution is 7.13. The Bertz CT molecular complexity index is 1580. The summed E-state index contributed by atoms with van der Waals surface area (Å²) in [5.74, 6) is 0. The number of aryl methyl sites for hydroxylation is 2. The highest BCUT2D eigenvalue weighted by atomic mass is 35.5. The average Bonchev–Trinajstić information content (AvgIpc) is 3.74. The maximum atomic E-state index is 4.79. The predicted molar refractivity (Wildman–Crippen MR) is 184 cm³/mol. The van der Waals surface area contributed by atoms with E-state index in [4.69, 9.17) is 4.98 Å². The molecule has 0 radical (unpaired) electrons. The van der Waals surface area contributed by atoms with E-state index in [1.807, 2.05) is 12.1 Å². The summed E-state index contributed by atoms with van der Waals surface area (Å²) >= 11 is 3.47. The Morgan fingerprint density at radius 2 is 1.17 bits per heavy atom. The van der Waals surface area contributed by atoms with E-state index in [1.165, 1.54) is 39.2 Å². The number of benzene rings is 2. The molecular formula is C36H38ClN3S2. The first-order chi connectivity index (χ1) is 20.2. The molecule has 6 heteroatoms. The Morgan fingerprint density at radius 1 is 0.643 bits per heavy atom. The first kappa shape index (κ1) is 31.6. The molecule has 6 rings (SSSR count). The molecule has 2 aromatic heterocycles. The van der Waals surface area contributed by atoms with Crippen molar-refractivity contribution >= 4 is 35.1 Å². The number of nitrogens with zero attached hydrogens (tertiary/aromatic N) is 2. The summed E-state index contributed by atoms with van der Waals surface area (Å²) in [6, 6.07) is 36.3. The van der Waals surface area contributed by atoms with Gasteiger partial charge in [-0.1, -0.05) is 116 Å². The second kappa shape index (κ2) is 16.3. The lowest BCUT2D eigenvalue weighted by Gasteiger charge is -2.14. The molecule has 2 heterocycles. The van der Waals surface area contributed by atoms with Crippen LogP contribution in [0.2, 0.25) is 0 Å². The maximum Gasteiger partial charge on any atom is 0.123 e. The minimum absolute atomic E-state index is 0. The molecule has 0 aliphatic heterocycles. The molecule has 42 heavy (non-hydrogen) atoms. The van der Waals surface area contributed by atoms with E-state index in [0.29, 0.717) is 6.04 Å². The molecule has 1 N–H and O–H groups in total. The molecule has 2 aliphatic carbocycles. The monoisotopic (exact) mass is 611 g/mol. The lowest BCUT2D eigenvalue weighted by molar-refractivity contribution is 0.559. The summed E-state index contributed by atoms with van der Waals surface area (Å²) in [5, 5.41) is 10.3. The van der Waals surface area contributed by atoms with Gasteiger partial charge in [-0.15, -0.1) is 35.1 Å². The third kappa shape index (κ3) is 8.59. The van der Waals surface area contributed by atoms with Crippen LogP contribution in [-0.2, 0) is 12.8 Å². The zero-order valence-electron chi connectivity index (χ0n) is 24.2. The first-order valence-electron chi connectivity index (χ1n) is 14.4. The van der Waals surface area contributed by atoms with Gasteiger partial charge in [-0.25, -0.2) is 9.97 Å². The second-order valence-corrected chi connectivity index (χ2v) is 11.8. The van der Waals surface area contributed by atoms with Gasteiger partial charge in [0.2, 0.25) is 0 Å². The van der Waals surface area contributed by atoms with Crippen molar-refractivity contribution < 1.29 is 0 Å². The Morgan fingerprint density at radius 3 is 1.74 bits per heavy atom. The summed E-state index contributed by atoms with van der Waals surface area (Å²) in [7, 11) is 0.